The standard InChI is InChI=1S/C15H22F4O3/c1-10-7-20-11(21-8-10)9-22-13-5-3-12(2,4-6-13)14(16,17)15(13,18)19/h10-11H,3-9H2,1-2H3. The molecule has 0 unspecified atom stereocenters. The predicted octanol–water partition coefficient (Wildman–Crippen LogP) is 3.62. The van der Waals surface area contributed by atoms with Crippen LogP contribution < -0.4 is 0 Å². The van der Waals surface area contributed by atoms with E-state index in [0.717, 1.165) is 0 Å². The van der Waals surface area contributed by atoms with Crippen molar-refractivity contribution in [2.75, 3.05) is 19.8 Å². The first-order valence-electron chi connectivity index (χ1n) is 7.76. The Bertz CT molecular complexity index is 425. The largest absolute Gasteiger partial charge is 0.363 e. The fourth-order valence-corrected chi connectivity index (χ4v) is 3.70. The van der Waals surface area contributed by atoms with Crippen LogP contribution in [0.4, 0.5) is 17.6 Å². The maximum absolute atomic E-state index is 14.4. The van der Waals surface area contributed by atoms with Crippen LogP contribution >= 0.6 is 0 Å². The van der Waals surface area contributed by atoms with Gasteiger partial charge in [-0.3, -0.25) is 0 Å². The highest BCUT2D eigenvalue weighted by atomic mass is 19.3. The third-order valence-electron chi connectivity index (χ3n) is 5.51. The van der Waals surface area contributed by atoms with Crippen molar-refractivity contribution in [3.63, 3.8) is 0 Å². The molecule has 1 aliphatic heterocycles. The zero-order chi connectivity index (χ0) is 16.2. The van der Waals surface area contributed by atoms with Crippen molar-refractivity contribution < 1.29 is 31.8 Å². The lowest BCUT2D eigenvalue weighted by Gasteiger charge is -2.59. The third-order valence-corrected chi connectivity index (χ3v) is 5.51. The Balaban J connectivity index is 1.72. The summed E-state index contributed by atoms with van der Waals surface area (Å²) in [5, 5.41) is 0. The highest BCUT2D eigenvalue weighted by Crippen LogP contribution is 2.67. The quantitative estimate of drug-likeness (QED) is 0.742. The minimum absolute atomic E-state index is 0.0407. The van der Waals surface area contributed by atoms with E-state index >= 15 is 0 Å². The van der Waals surface area contributed by atoms with Gasteiger partial charge in [0.1, 0.15) is 5.60 Å². The lowest BCUT2D eigenvalue weighted by atomic mass is 9.55. The van der Waals surface area contributed by atoms with Crippen molar-refractivity contribution in [2.24, 2.45) is 11.3 Å². The molecule has 2 bridgehead atoms. The van der Waals surface area contributed by atoms with Crippen molar-refractivity contribution >= 4 is 0 Å². The minimum Gasteiger partial charge on any atom is -0.363 e. The molecule has 22 heavy (non-hydrogen) atoms. The Morgan fingerprint density at radius 1 is 0.955 bits per heavy atom. The summed E-state index contributed by atoms with van der Waals surface area (Å²) in [5.74, 6) is -8.00. The van der Waals surface area contributed by atoms with Crippen LogP contribution in [0.1, 0.15) is 39.5 Å². The number of rotatable bonds is 3. The van der Waals surface area contributed by atoms with Crippen molar-refractivity contribution in [1.82, 2.24) is 0 Å². The van der Waals surface area contributed by atoms with E-state index in [1.54, 1.807) is 0 Å². The van der Waals surface area contributed by atoms with Gasteiger partial charge in [0.25, 0.3) is 0 Å². The highest BCUT2D eigenvalue weighted by Gasteiger charge is 2.81. The Morgan fingerprint density at radius 3 is 2.05 bits per heavy atom. The van der Waals surface area contributed by atoms with Crippen LogP contribution in [0.2, 0.25) is 0 Å². The van der Waals surface area contributed by atoms with Crippen LogP contribution in [0, 0.1) is 11.3 Å². The average Bonchev–Trinajstić information content (AvgIpc) is 2.47. The zero-order valence-electron chi connectivity index (χ0n) is 12.8. The lowest BCUT2D eigenvalue weighted by molar-refractivity contribution is -0.393. The molecule has 3 aliphatic carbocycles. The van der Waals surface area contributed by atoms with Crippen LogP contribution in [0.25, 0.3) is 0 Å². The molecule has 0 atom stereocenters. The fraction of sp³-hybridized carbons (Fsp3) is 1.00. The summed E-state index contributed by atoms with van der Waals surface area (Å²) in [7, 11) is 0. The maximum Gasteiger partial charge on any atom is 0.338 e. The van der Waals surface area contributed by atoms with Gasteiger partial charge in [-0.05, 0) is 25.7 Å². The second-order valence-corrected chi connectivity index (χ2v) is 7.22. The van der Waals surface area contributed by atoms with Crippen LogP contribution in [-0.2, 0) is 14.2 Å². The highest BCUT2D eigenvalue weighted by molar-refractivity contribution is 5.18. The Kier molecular flexibility index (Phi) is 3.78. The molecule has 0 radical (unpaired) electrons. The number of halogens is 4. The third kappa shape index (κ3) is 2.12. The maximum atomic E-state index is 14.4. The summed E-state index contributed by atoms with van der Waals surface area (Å²) < 4.78 is 73.4. The Hall–Kier alpha value is -0.400. The van der Waals surface area contributed by atoms with Crippen LogP contribution in [0.5, 0.6) is 0 Å². The number of alkyl halides is 4. The molecule has 7 heteroatoms. The van der Waals surface area contributed by atoms with E-state index in [9.17, 15) is 17.6 Å². The second-order valence-electron chi connectivity index (χ2n) is 7.22. The molecule has 1 saturated heterocycles. The van der Waals surface area contributed by atoms with E-state index < -0.39 is 29.2 Å². The molecule has 0 amide bonds. The van der Waals surface area contributed by atoms with Gasteiger partial charge in [0.05, 0.1) is 19.8 Å². The summed E-state index contributed by atoms with van der Waals surface area (Å²) in [5.41, 5.74) is -3.75. The molecule has 0 aromatic carbocycles. The van der Waals surface area contributed by atoms with Crippen molar-refractivity contribution in [2.45, 2.75) is 63.3 Å². The van der Waals surface area contributed by atoms with Gasteiger partial charge in [-0.15, -0.1) is 0 Å². The average molecular weight is 326 g/mol. The molecule has 0 aromatic rings. The molecule has 0 spiro atoms. The van der Waals surface area contributed by atoms with E-state index in [4.69, 9.17) is 14.2 Å². The van der Waals surface area contributed by atoms with Gasteiger partial charge >= 0.3 is 11.8 Å². The monoisotopic (exact) mass is 326 g/mol. The van der Waals surface area contributed by atoms with Gasteiger partial charge in [0.2, 0.25) is 0 Å². The van der Waals surface area contributed by atoms with Gasteiger partial charge in [0, 0.05) is 11.3 Å². The van der Waals surface area contributed by atoms with Gasteiger partial charge in [-0.1, -0.05) is 13.8 Å². The van der Waals surface area contributed by atoms with Gasteiger partial charge in [-0.25, -0.2) is 0 Å². The number of ether oxygens (including phenoxy) is 3. The Labute approximate surface area is 127 Å². The molecule has 0 aromatic heterocycles. The van der Waals surface area contributed by atoms with Crippen molar-refractivity contribution in [3.05, 3.63) is 0 Å². The normalized spacial score (nSPS) is 46.6. The molecular formula is C15H22F4O3. The first-order valence-corrected chi connectivity index (χ1v) is 7.76. The van der Waals surface area contributed by atoms with Crippen molar-refractivity contribution in [1.29, 1.82) is 0 Å². The zero-order valence-corrected chi connectivity index (χ0v) is 12.8. The first-order chi connectivity index (χ1) is 10.1. The number of fused-ring (bicyclic) bond motifs is 3. The molecule has 0 N–H and O–H groups in total. The van der Waals surface area contributed by atoms with Gasteiger partial charge in [-0.2, -0.15) is 17.6 Å². The topological polar surface area (TPSA) is 27.7 Å². The van der Waals surface area contributed by atoms with Gasteiger partial charge in [0.15, 0.2) is 6.29 Å². The van der Waals surface area contributed by atoms with E-state index in [2.05, 4.69) is 0 Å². The van der Waals surface area contributed by atoms with E-state index in [1.165, 1.54) is 6.92 Å². The lowest BCUT2D eigenvalue weighted by Crippen LogP contribution is -2.73. The van der Waals surface area contributed by atoms with Crippen LogP contribution in [0.3, 0.4) is 0 Å². The van der Waals surface area contributed by atoms with E-state index in [0.29, 0.717) is 13.2 Å². The number of hydrogen-bond acceptors (Lipinski definition) is 3. The molecule has 4 aliphatic rings. The molecule has 3 saturated carbocycles. The van der Waals surface area contributed by atoms with Crippen LogP contribution in [-0.4, -0.2) is 43.6 Å². The first kappa shape index (κ1) is 16.5. The molecule has 128 valence electrons. The van der Waals surface area contributed by atoms with Crippen molar-refractivity contribution in [3.8, 4) is 0 Å². The van der Waals surface area contributed by atoms with Crippen LogP contribution in [0.15, 0.2) is 0 Å². The molecule has 4 fully saturated rings. The smallest absolute Gasteiger partial charge is 0.338 e. The predicted molar refractivity (Wildman–Crippen MR) is 70.0 cm³/mol. The van der Waals surface area contributed by atoms with E-state index in [1.807, 2.05) is 6.92 Å². The molecular weight excluding hydrogens is 304 g/mol. The van der Waals surface area contributed by atoms with E-state index in [-0.39, 0.29) is 38.2 Å². The molecule has 1 heterocycles. The summed E-state index contributed by atoms with van der Waals surface area (Å²) in [6, 6.07) is 0. The summed E-state index contributed by atoms with van der Waals surface area (Å²) >= 11 is 0. The minimum atomic E-state index is -4.17. The molecule has 3 nitrogen and oxygen atoms in total. The van der Waals surface area contributed by atoms with Gasteiger partial charge < -0.3 is 14.2 Å². The molecule has 4 rings (SSSR count). The fourth-order valence-electron chi connectivity index (χ4n) is 3.70. The SMILES string of the molecule is CC1COC(COC23CCC(C)(CC2)C(F)(F)C3(F)F)OC1. The second kappa shape index (κ2) is 5.05. The Morgan fingerprint density at radius 2 is 1.50 bits per heavy atom. The summed E-state index contributed by atoms with van der Waals surface area (Å²) in [6.45, 7) is 3.85. The number of hydrogen-bond donors (Lipinski definition) is 0. The summed E-state index contributed by atoms with van der Waals surface area (Å²) in [6.07, 6.45) is -0.798. The summed E-state index contributed by atoms with van der Waals surface area (Å²) in [4.78, 5) is 0.